The van der Waals surface area contributed by atoms with Gasteiger partial charge in [0.25, 0.3) is 0 Å². The maximum atomic E-state index is 5.47. The average Bonchev–Trinajstić information content (AvgIpc) is 2.46. The van der Waals surface area contributed by atoms with E-state index in [1.807, 2.05) is 23.2 Å². The minimum absolute atomic E-state index is 0.904. The lowest BCUT2D eigenvalue weighted by Gasteiger charge is -1.95. The van der Waals surface area contributed by atoms with Crippen LogP contribution in [-0.2, 0) is 6.42 Å². The van der Waals surface area contributed by atoms with E-state index >= 15 is 0 Å². The molecule has 0 radical (unpaired) electrons. The summed E-state index contributed by atoms with van der Waals surface area (Å²) in [6.07, 6.45) is 0.904. The van der Waals surface area contributed by atoms with Crippen molar-refractivity contribution >= 4 is 15.9 Å². The first-order valence-electron chi connectivity index (χ1n) is 3.45. The summed E-state index contributed by atoms with van der Waals surface area (Å²) >= 11 is 3.25. The summed E-state index contributed by atoms with van der Waals surface area (Å²) in [5.41, 5.74) is 1.26. The number of halogens is 1. The molecule has 1 aromatic carbocycles. The highest BCUT2D eigenvalue weighted by Gasteiger charge is 2.14. The third-order valence-electron chi connectivity index (χ3n) is 1.70. The molecule has 0 N–H and O–H groups in total. The molecule has 2 heteroatoms. The molecule has 0 saturated carbocycles. The fourth-order valence-corrected chi connectivity index (χ4v) is 1.43. The van der Waals surface area contributed by atoms with Gasteiger partial charge < -0.3 is 4.74 Å². The van der Waals surface area contributed by atoms with Gasteiger partial charge in [0, 0.05) is 17.0 Å². The molecule has 0 aromatic heterocycles. The maximum Gasteiger partial charge on any atom is 0.130 e. The molecule has 0 unspecified atom stereocenters. The molecule has 11 heavy (non-hydrogen) atoms. The molecule has 0 amide bonds. The first-order valence-corrected chi connectivity index (χ1v) is 4.37. The molecular weight excluding hydrogens is 204 g/mol. The van der Waals surface area contributed by atoms with Gasteiger partial charge in [0.05, 0.1) is 0 Å². The van der Waals surface area contributed by atoms with Crippen molar-refractivity contribution in [1.29, 1.82) is 0 Å². The van der Waals surface area contributed by atoms with Crippen LogP contribution in [0, 0.1) is 0 Å². The van der Waals surface area contributed by atoms with Gasteiger partial charge in [0.1, 0.15) is 11.5 Å². The van der Waals surface area contributed by atoms with Crippen LogP contribution in [0.4, 0.5) is 0 Å². The molecule has 0 saturated heterocycles. The third kappa shape index (κ3) is 1.18. The van der Waals surface area contributed by atoms with Gasteiger partial charge in [0.15, 0.2) is 0 Å². The number of hydrogen-bond acceptors (Lipinski definition) is 1. The van der Waals surface area contributed by atoms with E-state index in [2.05, 4.69) is 22.0 Å². The van der Waals surface area contributed by atoms with Crippen molar-refractivity contribution in [2.45, 2.75) is 6.42 Å². The molecule has 0 bridgehead atoms. The fraction of sp³-hybridized carbons (Fsp3) is 0.111. The van der Waals surface area contributed by atoms with Crippen LogP contribution in [0.1, 0.15) is 5.56 Å². The minimum Gasteiger partial charge on any atom is -0.461 e. The molecule has 2 rings (SSSR count). The number of ether oxygens (including phenoxy) is 1. The maximum absolute atomic E-state index is 5.47. The largest absolute Gasteiger partial charge is 0.461 e. The van der Waals surface area contributed by atoms with Crippen molar-refractivity contribution in [1.82, 2.24) is 0 Å². The molecule has 0 aliphatic carbocycles. The molecule has 0 atom stereocenters. The monoisotopic (exact) mass is 210 g/mol. The van der Waals surface area contributed by atoms with E-state index in [1.165, 1.54) is 5.56 Å². The molecule has 0 spiro atoms. The zero-order valence-corrected chi connectivity index (χ0v) is 7.47. The van der Waals surface area contributed by atoms with Crippen LogP contribution in [0.3, 0.4) is 0 Å². The molecular formula is C9H7BrO. The summed E-state index contributed by atoms with van der Waals surface area (Å²) in [7, 11) is 0. The molecule has 1 aliphatic rings. The van der Waals surface area contributed by atoms with Crippen LogP contribution < -0.4 is 4.74 Å². The lowest BCUT2D eigenvalue weighted by molar-refractivity contribution is 0.448. The molecule has 1 aliphatic heterocycles. The van der Waals surface area contributed by atoms with Gasteiger partial charge in [-0.2, -0.15) is 0 Å². The Labute approximate surface area is 73.8 Å². The van der Waals surface area contributed by atoms with Crippen molar-refractivity contribution < 1.29 is 4.74 Å². The highest BCUT2D eigenvalue weighted by atomic mass is 79.9. The van der Waals surface area contributed by atoms with Crippen LogP contribution in [-0.4, -0.2) is 0 Å². The Bertz CT molecular complexity index is 277. The number of rotatable bonds is 0. The predicted octanol–water partition coefficient (Wildman–Crippen LogP) is 2.86. The van der Waals surface area contributed by atoms with Gasteiger partial charge in [-0.25, -0.2) is 0 Å². The third-order valence-corrected chi connectivity index (χ3v) is 2.21. The Kier molecular flexibility index (Phi) is 1.70. The Morgan fingerprint density at radius 1 is 1.36 bits per heavy atom. The smallest absolute Gasteiger partial charge is 0.130 e. The van der Waals surface area contributed by atoms with Gasteiger partial charge in [-0.1, -0.05) is 34.1 Å². The minimum atomic E-state index is 0.904. The second-order valence-corrected chi connectivity index (χ2v) is 2.92. The quantitative estimate of drug-likeness (QED) is 0.641. The zero-order valence-electron chi connectivity index (χ0n) is 5.88. The first kappa shape index (κ1) is 6.92. The number of hydrogen-bond donors (Lipinski definition) is 0. The van der Waals surface area contributed by atoms with Crippen molar-refractivity contribution in [3.8, 4) is 5.75 Å². The highest BCUT2D eigenvalue weighted by Crippen LogP contribution is 2.30. The number of para-hydroxylation sites is 1. The first-order chi connectivity index (χ1) is 5.40. The van der Waals surface area contributed by atoms with Crippen molar-refractivity contribution in [3.63, 3.8) is 0 Å². The summed E-state index contributed by atoms with van der Waals surface area (Å²) in [5, 5.41) is 0. The fourth-order valence-electron chi connectivity index (χ4n) is 1.18. The summed E-state index contributed by atoms with van der Waals surface area (Å²) in [6, 6.07) is 8.08. The molecule has 1 nitrogen and oxygen atoms in total. The highest BCUT2D eigenvalue weighted by molar-refractivity contribution is 9.11. The van der Waals surface area contributed by atoms with E-state index in [4.69, 9.17) is 4.74 Å². The summed E-state index contributed by atoms with van der Waals surface area (Å²) < 4.78 is 5.47. The Balaban J connectivity index is 2.41. The van der Waals surface area contributed by atoms with Gasteiger partial charge in [-0.05, 0) is 6.07 Å². The van der Waals surface area contributed by atoms with Crippen LogP contribution in [0.2, 0.25) is 0 Å². The Hall–Kier alpha value is -0.760. The summed E-state index contributed by atoms with van der Waals surface area (Å²) in [6.45, 7) is 0. The van der Waals surface area contributed by atoms with Crippen LogP contribution >= 0.6 is 15.9 Å². The second-order valence-electron chi connectivity index (χ2n) is 2.46. The molecule has 56 valence electrons. The second kappa shape index (κ2) is 2.70. The Morgan fingerprint density at radius 2 is 2.18 bits per heavy atom. The molecule has 1 heterocycles. The molecule has 1 aromatic rings. The van der Waals surface area contributed by atoms with E-state index in [0.717, 1.165) is 17.9 Å². The van der Waals surface area contributed by atoms with E-state index in [-0.39, 0.29) is 0 Å². The van der Waals surface area contributed by atoms with Crippen LogP contribution in [0.5, 0.6) is 5.75 Å². The standard InChI is InChI=1S/C9H7BrO/c10-6-8-5-7-3-1-2-4-9(7)11-8/h1-4,6H,5H2. The van der Waals surface area contributed by atoms with E-state index in [1.54, 1.807) is 0 Å². The summed E-state index contributed by atoms with van der Waals surface area (Å²) in [5.74, 6) is 1.96. The predicted molar refractivity (Wildman–Crippen MR) is 47.8 cm³/mol. The average molecular weight is 211 g/mol. The zero-order chi connectivity index (χ0) is 7.68. The summed E-state index contributed by atoms with van der Waals surface area (Å²) in [4.78, 5) is 1.83. The lowest BCUT2D eigenvalue weighted by Crippen LogP contribution is -1.83. The van der Waals surface area contributed by atoms with E-state index in [9.17, 15) is 0 Å². The van der Waals surface area contributed by atoms with E-state index < -0.39 is 0 Å². The number of allylic oxidation sites excluding steroid dienone is 1. The molecule has 0 fully saturated rings. The van der Waals surface area contributed by atoms with Crippen LogP contribution in [0.25, 0.3) is 0 Å². The van der Waals surface area contributed by atoms with Gasteiger partial charge >= 0.3 is 0 Å². The van der Waals surface area contributed by atoms with Crippen molar-refractivity contribution in [3.05, 3.63) is 40.6 Å². The van der Waals surface area contributed by atoms with Crippen LogP contribution in [0.15, 0.2) is 35.0 Å². The normalized spacial score (nSPS) is 18.1. The van der Waals surface area contributed by atoms with Crippen molar-refractivity contribution in [2.24, 2.45) is 0 Å². The van der Waals surface area contributed by atoms with Gasteiger partial charge in [-0.15, -0.1) is 0 Å². The SMILES string of the molecule is BrC=C1Cc2ccccc2O1. The van der Waals surface area contributed by atoms with Crippen molar-refractivity contribution in [2.75, 3.05) is 0 Å². The Morgan fingerprint density at radius 3 is 2.91 bits per heavy atom. The lowest BCUT2D eigenvalue weighted by atomic mass is 10.2. The number of benzene rings is 1. The van der Waals surface area contributed by atoms with Gasteiger partial charge in [0.2, 0.25) is 0 Å². The number of fused-ring (bicyclic) bond motifs is 1. The van der Waals surface area contributed by atoms with Gasteiger partial charge in [-0.3, -0.25) is 0 Å². The topological polar surface area (TPSA) is 9.23 Å². The van der Waals surface area contributed by atoms with E-state index in [0.29, 0.717) is 0 Å².